The molecular weight excluding hydrogens is 288 g/mol. The topological polar surface area (TPSA) is 49.6 Å². The minimum Gasteiger partial charge on any atom is -0.352 e. The van der Waals surface area contributed by atoms with Crippen LogP contribution in [0.15, 0.2) is 12.1 Å². The van der Waals surface area contributed by atoms with E-state index < -0.39 is 0 Å². The zero-order valence-corrected chi connectivity index (χ0v) is 14.4. The van der Waals surface area contributed by atoms with Crippen molar-refractivity contribution in [2.75, 3.05) is 31.1 Å². The lowest BCUT2D eigenvalue weighted by Gasteiger charge is -2.44. The molecule has 0 saturated carbocycles. The summed E-state index contributed by atoms with van der Waals surface area (Å²) in [5.74, 6) is 1.97. The van der Waals surface area contributed by atoms with Gasteiger partial charge in [0.05, 0.1) is 0 Å². The number of nitrogens with zero attached hydrogens (tertiary/aromatic N) is 6. The number of hydrogen-bond donors (Lipinski definition) is 0. The normalized spacial score (nSPS) is 23.3. The maximum atomic E-state index is 4.86. The molecule has 6 heteroatoms. The van der Waals surface area contributed by atoms with Crippen molar-refractivity contribution in [1.82, 2.24) is 24.7 Å². The lowest BCUT2D eigenvalue weighted by Crippen LogP contribution is -2.55. The maximum absolute atomic E-state index is 4.86. The van der Waals surface area contributed by atoms with Crippen LogP contribution in [-0.4, -0.2) is 56.9 Å². The van der Waals surface area contributed by atoms with Crippen LogP contribution in [0.4, 0.5) is 5.82 Å². The largest absolute Gasteiger partial charge is 0.352 e. The van der Waals surface area contributed by atoms with Gasteiger partial charge in [-0.2, -0.15) is 4.52 Å². The molecule has 2 saturated heterocycles. The average molecular weight is 314 g/mol. The third-order valence-electron chi connectivity index (χ3n) is 5.08. The van der Waals surface area contributed by atoms with Gasteiger partial charge in [-0.1, -0.05) is 27.2 Å². The van der Waals surface area contributed by atoms with Gasteiger partial charge in [-0.3, -0.25) is 4.90 Å². The summed E-state index contributed by atoms with van der Waals surface area (Å²) in [5, 5.41) is 13.5. The molecule has 2 aliphatic heterocycles. The van der Waals surface area contributed by atoms with Gasteiger partial charge >= 0.3 is 0 Å². The van der Waals surface area contributed by atoms with E-state index in [1.807, 2.05) is 10.6 Å². The second kappa shape index (κ2) is 5.44. The monoisotopic (exact) mass is 314 g/mol. The first kappa shape index (κ1) is 14.9. The zero-order valence-electron chi connectivity index (χ0n) is 14.4. The van der Waals surface area contributed by atoms with E-state index in [2.05, 4.69) is 46.8 Å². The van der Waals surface area contributed by atoms with Gasteiger partial charge in [0.15, 0.2) is 11.5 Å². The summed E-state index contributed by atoms with van der Waals surface area (Å²) in [5.41, 5.74) is 0.766. The predicted molar refractivity (Wildman–Crippen MR) is 90.9 cm³/mol. The lowest BCUT2D eigenvalue weighted by atomic mass is 9.96. The number of anilines is 1. The molecule has 4 rings (SSSR count). The molecule has 2 aromatic rings. The molecule has 0 aliphatic carbocycles. The van der Waals surface area contributed by atoms with Crippen molar-refractivity contribution in [3.8, 4) is 0 Å². The van der Waals surface area contributed by atoms with Gasteiger partial charge in [0.25, 0.3) is 0 Å². The Balaban J connectivity index is 1.64. The van der Waals surface area contributed by atoms with Crippen LogP contribution in [0.3, 0.4) is 0 Å². The van der Waals surface area contributed by atoms with Crippen LogP contribution in [0.5, 0.6) is 0 Å². The zero-order chi connectivity index (χ0) is 16.0. The molecule has 124 valence electrons. The minimum atomic E-state index is -0.0624. The molecule has 2 aliphatic rings. The highest BCUT2D eigenvalue weighted by atomic mass is 15.4. The number of piperazine rings is 1. The Labute approximate surface area is 137 Å². The highest BCUT2D eigenvalue weighted by Gasteiger charge is 2.30. The number of piperidine rings is 1. The van der Waals surface area contributed by atoms with Gasteiger partial charge in [-0.05, 0) is 31.5 Å². The average Bonchev–Trinajstić information content (AvgIpc) is 2.97. The summed E-state index contributed by atoms with van der Waals surface area (Å²) in [4.78, 5) is 5.08. The third-order valence-corrected chi connectivity index (χ3v) is 5.08. The summed E-state index contributed by atoms with van der Waals surface area (Å²) in [6.45, 7) is 11.0. The molecule has 6 nitrogen and oxygen atoms in total. The maximum Gasteiger partial charge on any atom is 0.178 e. The van der Waals surface area contributed by atoms with E-state index in [0.717, 1.165) is 36.9 Å². The highest BCUT2D eigenvalue weighted by molar-refractivity contribution is 5.46. The van der Waals surface area contributed by atoms with Crippen molar-refractivity contribution in [2.24, 2.45) is 0 Å². The smallest absolute Gasteiger partial charge is 0.178 e. The van der Waals surface area contributed by atoms with Crippen LogP contribution in [-0.2, 0) is 5.41 Å². The van der Waals surface area contributed by atoms with E-state index in [1.54, 1.807) is 0 Å². The Hall–Kier alpha value is -1.69. The molecular formula is C17H26N6. The van der Waals surface area contributed by atoms with Crippen LogP contribution < -0.4 is 4.90 Å². The minimum absolute atomic E-state index is 0.0624. The molecule has 0 radical (unpaired) electrons. The van der Waals surface area contributed by atoms with Gasteiger partial charge in [0, 0.05) is 31.1 Å². The van der Waals surface area contributed by atoms with Crippen molar-refractivity contribution in [2.45, 2.75) is 51.5 Å². The van der Waals surface area contributed by atoms with Crippen molar-refractivity contribution >= 4 is 11.5 Å². The first-order valence-electron chi connectivity index (χ1n) is 8.74. The van der Waals surface area contributed by atoms with Gasteiger partial charge in [0.2, 0.25) is 0 Å². The SMILES string of the molecule is CC(C)(C)c1nnc2ccc(N3CCN4CCCCC4C3)nn12. The number of fused-ring (bicyclic) bond motifs is 2. The van der Waals surface area contributed by atoms with Crippen molar-refractivity contribution < 1.29 is 0 Å². The van der Waals surface area contributed by atoms with Gasteiger partial charge in [0.1, 0.15) is 5.82 Å². The van der Waals surface area contributed by atoms with Crippen LogP contribution in [0.1, 0.15) is 45.9 Å². The fourth-order valence-electron chi connectivity index (χ4n) is 3.78. The molecule has 0 amide bonds. The van der Waals surface area contributed by atoms with E-state index in [1.165, 1.54) is 25.8 Å². The van der Waals surface area contributed by atoms with E-state index in [-0.39, 0.29) is 5.41 Å². The van der Waals surface area contributed by atoms with Gasteiger partial charge in [-0.25, -0.2) is 0 Å². The van der Waals surface area contributed by atoms with Gasteiger partial charge in [-0.15, -0.1) is 15.3 Å². The molecule has 0 aromatic carbocycles. The van der Waals surface area contributed by atoms with Crippen LogP contribution in [0.25, 0.3) is 5.65 Å². The summed E-state index contributed by atoms with van der Waals surface area (Å²) < 4.78 is 1.92. The number of hydrogen-bond acceptors (Lipinski definition) is 5. The predicted octanol–water partition coefficient (Wildman–Crippen LogP) is 2.10. The molecule has 0 bridgehead atoms. The standard InChI is InChI=1S/C17H26N6/c1-17(2,3)16-19-18-14-7-8-15(20-23(14)16)22-11-10-21-9-5-4-6-13(21)12-22/h7-8,13H,4-6,9-12H2,1-3H3. The second-order valence-corrected chi connectivity index (χ2v) is 7.87. The molecule has 23 heavy (non-hydrogen) atoms. The summed E-state index contributed by atoms with van der Waals surface area (Å²) in [6.07, 6.45) is 4.04. The highest BCUT2D eigenvalue weighted by Crippen LogP contribution is 2.25. The van der Waals surface area contributed by atoms with Crippen LogP contribution in [0.2, 0.25) is 0 Å². The lowest BCUT2D eigenvalue weighted by molar-refractivity contribution is 0.133. The molecule has 2 fully saturated rings. The Morgan fingerprint density at radius 2 is 1.91 bits per heavy atom. The van der Waals surface area contributed by atoms with Crippen molar-refractivity contribution in [3.63, 3.8) is 0 Å². The molecule has 0 N–H and O–H groups in total. The van der Waals surface area contributed by atoms with Crippen LogP contribution in [0, 0.1) is 0 Å². The second-order valence-electron chi connectivity index (χ2n) is 7.87. The summed E-state index contributed by atoms with van der Waals surface area (Å²) in [7, 11) is 0. The molecule has 0 spiro atoms. The molecule has 1 atom stereocenters. The Bertz CT molecular complexity index is 701. The summed E-state index contributed by atoms with van der Waals surface area (Å²) >= 11 is 0. The summed E-state index contributed by atoms with van der Waals surface area (Å²) in [6, 6.07) is 4.82. The van der Waals surface area contributed by atoms with E-state index in [9.17, 15) is 0 Å². The molecule has 2 aromatic heterocycles. The molecule has 1 unspecified atom stereocenters. The van der Waals surface area contributed by atoms with Crippen molar-refractivity contribution in [1.29, 1.82) is 0 Å². The molecule has 4 heterocycles. The fourth-order valence-corrected chi connectivity index (χ4v) is 3.78. The quantitative estimate of drug-likeness (QED) is 0.807. The fraction of sp³-hybridized carbons (Fsp3) is 0.706. The van der Waals surface area contributed by atoms with Gasteiger partial charge < -0.3 is 4.90 Å². The Morgan fingerprint density at radius 1 is 1.04 bits per heavy atom. The van der Waals surface area contributed by atoms with E-state index in [4.69, 9.17) is 5.10 Å². The van der Waals surface area contributed by atoms with Crippen molar-refractivity contribution in [3.05, 3.63) is 18.0 Å². The Morgan fingerprint density at radius 3 is 2.74 bits per heavy atom. The third kappa shape index (κ3) is 2.69. The number of aromatic nitrogens is 4. The first-order valence-corrected chi connectivity index (χ1v) is 8.74. The van der Waals surface area contributed by atoms with E-state index in [0.29, 0.717) is 6.04 Å². The van der Waals surface area contributed by atoms with E-state index >= 15 is 0 Å². The first-order chi connectivity index (χ1) is 11.0. The Kier molecular flexibility index (Phi) is 3.52. The number of rotatable bonds is 1. The van der Waals surface area contributed by atoms with Crippen LogP contribution >= 0.6 is 0 Å².